The lowest BCUT2D eigenvalue weighted by Gasteiger charge is -2.61. The smallest absolute Gasteiger partial charge is 0.133 e. The molecule has 0 saturated heterocycles. The molecule has 4 rings (SSSR count). The number of rotatable bonds is 2. The van der Waals surface area contributed by atoms with Gasteiger partial charge in [0.25, 0.3) is 0 Å². The van der Waals surface area contributed by atoms with Crippen LogP contribution in [0.15, 0.2) is 0 Å². The van der Waals surface area contributed by atoms with E-state index in [1.165, 1.54) is 51.4 Å². The molecule has 0 heterocycles. The number of hydrogen-bond acceptors (Lipinski definition) is 2. The zero-order valence-electron chi connectivity index (χ0n) is 15.9. The van der Waals surface area contributed by atoms with Gasteiger partial charge in [-0.2, -0.15) is 0 Å². The van der Waals surface area contributed by atoms with E-state index >= 15 is 0 Å². The van der Waals surface area contributed by atoms with Crippen LogP contribution in [0.1, 0.15) is 235 Å². The zero-order valence-corrected chi connectivity index (χ0v) is 15.9. The Bertz CT molecular complexity index is 516. The molecule has 2 nitrogen and oxygen atoms in total. The van der Waals surface area contributed by atoms with Gasteiger partial charge in [0.05, 0.1) is 0 Å². The van der Waals surface area contributed by atoms with E-state index in [9.17, 15) is 9.90 Å². The second-order valence-electron chi connectivity index (χ2n) is 10.3. The first-order chi connectivity index (χ1) is 11.4. The van der Waals surface area contributed by atoms with Gasteiger partial charge in [-0.05, 0) is 105 Å². The number of aliphatic hydroxyl groups is 1. The lowest BCUT2D eigenvalue weighted by molar-refractivity contribution is -0.136. The third kappa shape index (κ3) is 18.7. The Morgan fingerprint density at radius 1 is 0.533 bits per heavy atom. The van der Waals surface area contributed by atoms with Crippen molar-refractivity contribution >= 4 is 5.78 Å². The molecule has 304 valence electrons. The minimum Gasteiger partial charge on any atom is -0.396 e. The average Bonchev–Trinajstić information content (AvgIpc) is 2.91. The Morgan fingerprint density at radius 3 is 1.29 bits per heavy atom. The monoisotopic (exact) mass is 669 g/mol. The predicted molar refractivity (Wildman–Crippen MR) is 238 cm³/mol. The normalized spacial score (nSPS) is 28.7. The SMILES string of the molecule is C.C.C.C.C.C.C.C.C.C.C.C.C.C.C.C.C.C.C.C.C.CC(=O)C1CCC2C3CCC4CC(CO)CCC4(C)C3CCC12C. The second-order valence-corrected chi connectivity index (χ2v) is 10.3. The highest BCUT2D eigenvalue weighted by Gasteiger charge is 2.60. The fourth-order valence-electron chi connectivity index (χ4n) is 8.18. The number of fused-ring (bicyclic) bond motifs is 5. The lowest BCUT2D eigenvalue weighted by Crippen LogP contribution is -2.54. The van der Waals surface area contributed by atoms with E-state index in [0.29, 0.717) is 35.1 Å². The Balaban J connectivity index is -0.0000000217. The van der Waals surface area contributed by atoms with Crippen molar-refractivity contribution in [1.82, 2.24) is 0 Å². The van der Waals surface area contributed by atoms with Crippen molar-refractivity contribution in [3.05, 3.63) is 0 Å². The minimum atomic E-state index is 0. The van der Waals surface area contributed by atoms with Crippen molar-refractivity contribution in [2.45, 2.75) is 235 Å². The third-order valence-electron chi connectivity index (χ3n) is 9.52. The van der Waals surface area contributed by atoms with Crippen molar-refractivity contribution in [3.63, 3.8) is 0 Å². The standard InChI is InChI=1S/C22H36O2.21CH4/c1-14(24)18-6-7-19-17-5-4-16-12-15(13-23)8-10-21(16,2)20(17)9-11-22(18,19)3;;;;;;;;;;;;;;;;;;;;;/h15-20,23H,4-13H2,1-3H3;21*1H4. The van der Waals surface area contributed by atoms with E-state index in [2.05, 4.69) is 13.8 Å². The number of carbonyl (C=O) groups excluding carboxylic acids is 1. The van der Waals surface area contributed by atoms with E-state index in [1.807, 2.05) is 6.92 Å². The molecule has 4 saturated carbocycles. The predicted octanol–water partition coefficient (Wildman–Crippen LogP) is 18.2. The second kappa shape index (κ2) is 43.6. The largest absolute Gasteiger partial charge is 0.396 e. The summed E-state index contributed by atoms with van der Waals surface area (Å²) in [7, 11) is 0. The molecule has 0 aromatic carbocycles. The van der Waals surface area contributed by atoms with Crippen LogP contribution < -0.4 is 0 Å². The Kier molecular flexibility index (Phi) is 116. The number of Topliss-reactive ketones (excluding diaryl/α,β-unsaturated/α-hetero) is 1. The molecule has 0 aromatic heterocycles. The molecule has 0 aromatic rings. The molecular formula is C43H120O2. The minimum absolute atomic E-state index is 0. The highest BCUT2D eigenvalue weighted by molar-refractivity contribution is 5.79. The van der Waals surface area contributed by atoms with Crippen molar-refractivity contribution in [3.8, 4) is 0 Å². The number of hydrogen-bond donors (Lipinski definition) is 1. The molecule has 0 amide bonds. The highest BCUT2D eigenvalue weighted by atomic mass is 16.3. The molecule has 0 spiro atoms. The number of carbonyl (C=O) groups is 1. The van der Waals surface area contributed by atoms with Gasteiger partial charge in [0.1, 0.15) is 5.78 Å². The summed E-state index contributed by atoms with van der Waals surface area (Å²) in [6.45, 7) is 7.26. The van der Waals surface area contributed by atoms with Crippen molar-refractivity contribution < 1.29 is 9.90 Å². The van der Waals surface area contributed by atoms with Gasteiger partial charge in [0.2, 0.25) is 0 Å². The molecule has 0 radical (unpaired) electrons. The summed E-state index contributed by atoms with van der Waals surface area (Å²) in [5.74, 6) is 4.69. The van der Waals surface area contributed by atoms with Gasteiger partial charge >= 0.3 is 0 Å². The topological polar surface area (TPSA) is 37.3 Å². The van der Waals surface area contributed by atoms with Crippen molar-refractivity contribution in [2.24, 2.45) is 46.3 Å². The summed E-state index contributed by atoms with van der Waals surface area (Å²) in [6.07, 6.45) is 11.6. The van der Waals surface area contributed by atoms with Gasteiger partial charge in [-0.25, -0.2) is 0 Å². The van der Waals surface area contributed by atoms with Crippen LogP contribution in [-0.4, -0.2) is 17.5 Å². The van der Waals surface area contributed by atoms with Crippen LogP contribution in [0.5, 0.6) is 0 Å². The molecule has 4 aliphatic rings. The van der Waals surface area contributed by atoms with Gasteiger partial charge in [-0.15, -0.1) is 0 Å². The fraction of sp³-hybridized carbons (Fsp3) is 0.977. The Morgan fingerprint density at radius 2 is 0.911 bits per heavy atom. The number of aliphatic hydroxyl groups excluding tert-OH is 1. The summed E-state index contributed by atoms with van der Waals surface area (Å²) in [4.78, 5) is 12.2. The van der Waals surface area contributed by atoms with Crippen LogP contribution in [0.4, 0.5) is 0 Å². The first-order valence-corrected chi connectivity index (χ1v) is 10.5. The molecule has 8 atom stereocenters. The molecule has 4 aliphatic carbocycles. The maximum atomic E-state index is 12.2. The van der Waals surface area contributed by atoms with Crippen LogP contribution in [0, 0.1) is 46.3 Å². The summed E-state index contributed by atoms with van der Waals surface area (Å²) < 4.78 is 0. The van der Waals surface area contributed by atoms with Crippen LogP contribution in [0.2, 0.25) is 0 Å². The summed E-state index contributed by atoms with van der Waals surface area (Å²) in [6, 6.07) is 0. The van der Waals surface area contributed by atoms with Crippen LogP contribution in [0.25, 0.3) is 0 Å². The quantitative estimate of drug-likeness (QED) is 0.318. The van der Waals surface area contributed by atoms with E-state index in [-0.39, 0.29) is 156 Å². The summed E-state index contributed by atoms with van der Waals surface area (Å²) in [5.41, 5.74) is 0.794. The average molecular weight is 669 g/mol. The van der Waals surface area contributed by atoms with Gasteiger partial charge in [0, 0.05) is 12.5 Å². The Hall–Kier alpha value is -0.370. The third-order valence-corrected chi connectivity index (χ3v) is 9.52. The lowest BCUT2D eigenvalue weighted by atomic mass is 9.44. The highest BCUT2D eigenvalue weighted by Crippen LogP contribution is 2.67. The molecule has 2 heteroatoms. The fourth-order valence-corrected chi connectivity index (χ4v) is 8.18. The van der Waals surface area contributed by atoms with E-state index < -0.39 is 0 Å². The van der Waals surface area contributed by atoms with E-state index in [4.69, 9.17) is 0 Å². The Labute approximate surface area is 302 Å². The molecule has 1 N–H and O–H groups in total. The van der Waals surface area contributed by atoms with Crippen LogP contribution in [-0.2, 0) is 4.79 Å². The summed E-state index contributed by atoms with van der Waals surface area (Å²) in [5, 5.41) is 9.60. The van der Waals surface area contributed by atoms with Gasteiger partial charge in [-0.1, -0.05) is 170 Å². The van der Waals surface area contributed by atoms with Gasteiger partial charge < -0.3 is 5.11 Å². The molecule has 45 heavy (non-hydrogen) atoms. The van der Waals surface area contributed by atoms with E-state index in [1.54, 1.807) is 0 Å². The maximum absolute atomic E-state index is 12.2. The van der Waals surface area contributed by atoms with Crippen LogP contribution in [0.3, 0.4) is 0 Å². The molecule has 8 unspecified atom stereocenters. The first kappa shape index (κ1) is 120. The molecule has 0 aliphatic heterocycles. The molecule has 4 fully saturated rings. The first-order valence-electron chi connectivity index (χ1n) is 10.5. The van der Waals surface area contributed by atoms with E-state index in [0.717, 1.165) is 30.1 Å². The van der Waals surface area contributed by atoms with Gasteiger partial charge in [0.15, 0.2) is 0 Å². The van der Waals surface area contributed by atoms with Crippen LogP contribution >= 0.6 is 0 Å². The molecular weight excluding hydrogens is 548 g/mol. The zero-order chi connectivity index (χ0) is 17.1. The van der Waals surface area contributed by atoms with Crippen molar-refractivity contribution in [1.29, 1.82) is 0 Å². The van der Waals surface area contributed by atoms with Crippen molar-refractivity contribution in [2.75, 3.05) is 6.61 Å². The summed E-state index contributed by atoms with van der Waals surface area (Å²) >= 11 is 0. The maximum Gasteiger partial charge on any atom is 0.133 e. The number of ketones is 1. The van der Waals surface area contributed by atoms with Gasteiger partial charge in [-0.3, -0.25) is 4.79 Å². The molecule has 0 bridgehead atoms.